The van der Waals surface area contributed by atoms with Gasteiger partial charge in [0.2, 0.25) is 5.65 Å². The van der Waals surface area contributed by atoms with Gasteiger partial charge in [0.1, 0.15) is 24.0 Å². The first kappa shape index (κ1) is 19.5. The molecule has 1 unspecified atom stereocenters. The fraction of sp³-hybridized carbons (Fsp3) is 0.364. The van der Waals surface area contributed by atoms with Gasteiger partial charge < -0.3 is 19.3 Å². The van der Waals surface area contributed by atoms with E-state index in [1.807, 2.05) is 42.1 Å². The van der Waals surface area contributed by atoms with Crippen LogP contribution in [0.5, 0.6) is 5.75 Å². The van der Waals surface area contributed by atoms with Crippen LogP contribution in [-0.2, 0) is 7.05 Å². The predicted octanol–water partition coefficient (Wildman–Crippen LogP) is 2.48. The number of methoxy groups -OCH3 is 1. The molecule has 0 radical (unpaired) electrons. The third kappa shape index (κ3) is 3.61. The van der Waals surface area contributed by atoms with Crippen LogP contribution in [0.1, 0.15) is 24.8 Å². The van der Waals surface area contributed by atoms with E-state index < -0.39 is 6.10 Å². The summed E-state index contributed by atoms with van der Waals surface area (Å²) in [5.74, 6) is 1.71. The van der Waals surface area contributed by atoms with Crippen LogP contribution in [0.15, 0.2) is 49.1 Å². The molecule has 9 heteroatoms. The van der Waals surface area contributed by atoms with Gasteiger partial charge in [-0.05, 0) is 49.1 Å². The summed E-state index contributed by atoms with van der Waals surface area (Å²) < 4.78 is 8.88. The number of hydrogen-bond donors (Lipinski definition) is 1. The second-order valence-electron chi connectivity index (χ2n) is 7.91. The molecule has 31 heavy (non-hydrogen) atoms. The van der Waals surface area contributed by atoms with Crippen molar-refractivity contribution in [2.45, 2.75) is 18.9 Å². The van der Waals surface area contributed by atoms with Crippen molar-refractivity contribution >= 4 is 11.3 Å². The second kappa shape index (κ2) is 7.99. The van der Waals surface area contributed by atoms with Gasteiger partial charge in [0.05, 0.1) is 18.5 Å². The zero-order valence-electron chi connectivity index (χ0n) is 17.6. The Labute approximate surface area is 179 Å². The maximum atomic E-state index is 10.8. The molecule has 4 heterocycles. The SMILES string of the molecule is COc1ccc(-c2cc(N3CCC(C(O)c4nccn4C)CC3)c3nncn3n2)cc1. The minimum Gasteiger partial charge on any atom is -0.497 e. The van der Waals surface area contributed by atoms with Gasteiger partial charge in [0.25, 0.3) is 0 Å². The van der Waals surface area contributed by atoms with Crippen LogP contribution < -0.4 is 9.64 Å². The smallest absolute Gasteiger partial charge is 0.200 e. The normalized spacial score (nSPS) is 16.0. The van der Waals surface area contributed by atoms with Gasteiger partial charge in [0.15, 0.2) is 0 Å². The van der Waals surface area contributed by atoms with Crippen molar-refractivity contribution in [3.63, 3.8) is 0 Å². The highest BCUT2D eigenvalue weighted by Gasteiger charge is 2.29. The molecule has 1 fully saturated rings. The van der Waals surface area contributed by atoms with Crippen molar-refractivity contribution in [3.05, 3.63) is 54.9 Å². The monoisotopic (exact) mass is 419 g/mol. The number of hydrogen-bond acceptors (Lipinski definition) is 7. The number of anilines is 1. The Hall–Kier alpha value is -3.46. The summed E-state index contributed by atoms with van der Waals surface area (Å²) in [5, 5.41) is 23.8. The van der Waals surface area contributed by atoms with Crippen molar-refractivity contribution in [1.82, 2.24) is 29.4 Å². The van der Waals surface area contributed by atoms with Gasteiger partial charge in [-0.1, -0.05) is 0 Å². The van der Waals surface area contributed by atoms with Crippen LogP contribution in [0.2, 0.25) is 0 Å². The molecule has 160 valence electrons. The van der Waals surface area contributed by atoms with Gasteiger partial charge >= 0.3 is 0 Å². The van der Waals surface area contributed by atoms with Crippen molar-refractivity contribution in [2.75, 3.05) is 25.1 Å². The zero-order chi connectivity index (χ0) is 21.4. The first-order valence-corrected chi connectivity index (χ1v) is 10.4. The molecule has 1 aliphatic rings. The fourth-order valence-electron chi connectivity index (χ4n) is 4.28. The summed E-state index contributed by atoms with van der Waals surface area (Å²) in [6.07, 6.45) is 6.41. The van der Waals surface area contributed by atoms with E-state index in [1.54, 1.807) is 24.1 Å². The van der Waals surface area contributed by atoms with Crippen LogP contribution in [0.3, 0.4) is 0 Å². The van der Waals surface area contributed by atoms with Crippen LogP contribution in [0, 0.1) is 5.92 Å². The Bertz CT molecular complexity index is 1180. The lowest BCUT2D eigenvalue weighted by atomic mass is 9.90. The number of aryl methyl sites for hydroxylation is 1. The second-order valence-corrected chi connectivity index (χ2v) is 7.91. The van der Waals surface area contributed by atoms with Gasteiger partial charge in [-0.25, -0.2) is 4.98 Å². The Balaban J connectivity index is 1.40. The number of aliphatic hydroxyl groups excluding tert-OH is 1. The van der Waals surface area contributed by atoms with Crippen LogP contribution in [0.4, 0.5) is 5.69 Å². The fourth-order valence-corrected chi connectivity index (χ4v) is 4.28. The van der Waals surface area contributed by atoms with Gasteiger partial charge in [0, 0.05) is 38.1 Å². The molecule has 0 bridgehead atoms. The Kier molecular flexibility index (Phi) is 5.03. The number of rotatable bonds is 5. The number of fused-ring (bicyclic) bond motifs is 1. The van der Waals surface area contributed by atoms with Gasteiger partial charge in [-0.3, -0.25) is 0 Å². The summed E-state index contributed by atoms with van der Waals surface area (Å²) >= 11 is 0. The van der Waals surface area contributed by atoms with Crippen LogP contribution in [0.25, 0.3) is 16.9 Å². The average molecular weight is 419 g/mol. The molecule has 0 spiro atoms. The van der Waals surface area contributed by atoms with Crippen molar-refractivity contribution in [1.29, 1.82) is 0 Å². The molecule has 9 nitrogen and oxygen atoms in total. The number of nitrogens with zero attached hydrogens (tertiary/aromatic N) is 7. The minimum absolute atomic E-state index is 0.175. The maximum Gasteiger partial charge on any atom is 0.200 e. The topological polar surface area (TPSA) is 93.6 Å². The lowest BCUT2D eigenvalue weighted by Gasteiger charge is -2.35. The highest BCUT2D eigenvalue weighted by atomic mass is 16.5. The minimum atomic E-state index is -0.553. The summed E-state index contributed by atoms with van der Waals surface area (Å²) in [5.41, 5.74) is 3.58. The van der Waals surface area contributed by atoms with Gasteiger partial charge in [-0.2, -0.15) is 9.61 Å². The molecule has 5 rings (SSSR count). The van der Waals surface area contributed by atoms with E-state index in [1.165, 1.54) is 0 Å². The van der Waals surface area contributed by atoms with E-state index in [-0.39, 0.29) is 5.92 Å². The standard InChI is InChI=1S/C22H25N7O2/c1-27-12-9-23-22(27)20(30)16-7-10-28(11-8-16)19-13-18(26-29-14-24-25-21(19)29)15-3-5-17(31-2)6-4-15/h3-6,9,12-14,16,20,30H,7-8,10-11H2,1-2H3. The van der Waals surface area contributed by atoms with E-state index >= 15 is 0 Å². The average Bonchev–Trinajstić information content (AvgIpc) is 3.47. The highest BCUT2D eigenvalue weighted by Crippen LogP contribution is 2.34. The van der Waals surface area contributed by atoms with Crippen LogP contribution in [-0.4, -0.2) is 54.7 Å². The molecule has 0 aliphatic carbocycles. The number of ether oxygens (including phenoxy) is 1. The quantitative estimate of drug-likeness (QED) is 0.531. The Morgan fingerprint density at radius 2 is 1.94 bits per heavy atom. The van der Waals surface area contributed by atoms with Gasteiger partial charge in [-0.15, -0.1) is 10.2 Å². The largest absolute Gasteiger partial charge is 0.497 e. The summed E-state index contributed by atoms with van der Waals surface area (Å²) in [6, 6.07) is 9.92. The van der Waals surface area contributed by atoms with E-state index in [0.29, 0.717) is 0 Å². The van der Waals surface area contributed by atoms with Crippen molar-refractivity contribution in [2.24, 2.45) is 13.0 Å². The molecule has 1 saturated heterocycles. The third-order valence-corrected chi connectivity index (χ3v) is 6.08. The van der Waals surface area contributed by atoms with E-state index in [4.69, 9.17) is 4.74 Å². The lowest BCUT2D eigenvalue weighted by molar-refractivity contribution is 0.0825. The highest BCUT2D eigenvalue weighted by molar-refractivity contribution is 5.74. The molecule has 4 aromatic rings. The molecule has 1 aromatic carbocycles. The molecule has 1 N–H and O–H groups in total. The molecule has 3 aromatic heterocycles. The van der Waals surface area contributed by atoms with E-state index in [9.17, 15) is 5.11 Å². The molecular formula is C22H25N7O2. The third-order valence-electron chi connectivity index (χ3n) is 6.08. The number of imidazole rings is 1. The lowest BCUT2D eigenvalue weighted by Crippen LogP contribution is -2.36. The summed E-state index contributed by atoms with van der Waals surface area (Å²) in [7, 11) is 3.57. The molecule has 1 aliphatic heterocycles. The van der Waals surface area contributed by atoms with E-state index in [2.05, 4.69) is 31.2 Å². The number of aromatic nitrogens is 6. The number of aliphatic hydroxyl groups is 1. The number of benzene rings is 1. The summed E-state index contributed by atoms with van der Waals surface area (Å²) in [6.45, 7) is 1.64. The Morgan fingerprint density at radius 3 is 2.61 bits per heavy atom. The van der Waals surface area contributed by atoms with Crippen molar-refractivity contribution in [3.8, 4) is 17.0 Å². The molecule has 0 amide bonds. The predicted molar refractivity (Wildman–Crippen MR) is 116 cm³/mol. The van der Waals surface area contributed by atoms with Crippen molar-refractivity contribution < 1.29 is 9.84 Å². The first-order valence-electron chi connectivity index (χ1n) is 10.4. The molecule has 0 saturated carbocycles. The summed E-state index contributed by atoms with van der Waals surface area (Å²) in [4.78, 5) is 6.63. The zero-order valence-corrected chi connectivity index (χ0v) is 17.6. The van der Waals surface area contributed by atoms with E-state index in [0.717, 1.165) is 60.1 Å². The first-order chi connectivity index (χ1) is 15.1. The molecular weight excluding hydrogens is 394 g/mol. The Morgan fingerprint density at radius 1 is 1.16 bits per heavy atom. The van der Waals surface area contributed by atoms with Crippen LogP contribution >= 0.6 is 0 Å². The molecule has 1 atom stereocenters. The maximum absolute atomic E-state index is 10.8. The number of piperidine rings is 1.